The van der Waals surface area contributed by atoms with E-state index < -0.39 is 0 Å². The highest BCUT2D eigenvalue weighted by Gasteiger charge is 2.50. The van der Waals surface area contributed by atoms with Crippen LogP contribution in [0.1, 0.15) is 31.4 Å². The van der Waals surface area contributed by atoms with Gasteiger partial charge in [0.1, 0.15) is 5.52 Å². The van der Waals surface area contributed by atoms with Crippen molar-refractivity contribution >= 4 is 23.0 Å². The van der Waals surface area contributed by atoms with Crippen LogP contribution in [0.4, 0.5) is 4.79 Å². The van der Waals surface area contributed by atoms with Crippen molar-refractivity contribution in [3.05, 3.63) is 24.0 Å². The number of aromatic amines is 1. The number of carbonyl (C=O) groups is 2. The largest absolute Gasteiger partial charge is 0.347 e. The number of hydrogen-bond acceptors (Lipinski definition) is 4. The van der Waals surface area contributed by atoms with Crippen molar-refractivity contribution in [2.24, 2.45) is 5.92 Å². The van der Waals surface area contributed by atoms with Gasteiger partial charge in [0.2, 0.25) is 5.91 Å². The Bertz CT molecular complexity index is 879. The average molecular weight is 368 g/mol. The van der Waals surface area contributed by atoms with Gasteiger partial charge in [-0.1, -0.05) is 0 Å². The smallest absolute Gasteiger partial charge is 0.320 e. The number of hydrogen-bond donors (Lipinski definition) is 2. The van der Waals surface area contributed by atoms with Crippen molar-refractivity contribution in [2.45, 2.75) is 37.6 Å². The zero-order valence-electron chi connectivity index (χ0n) is 15.3. The topological polar surface area (TPSA) is 94.2 Å². The lowest BCUT2D eigenvalue weighted by molar-refractivity contribution is -0.120. The minimum absolute atomic E-state index is 0.116. The SMILES string of the molecule is O=C1CCC2(CN(C(=O)N3CCC(Cc4ccc5[nH]ncc5n4)CC3)C2)N1. The summed E-state index contributed by atoms with van der Waals surface area (Å²) >= 11 is 0. The fourth-order valence-electron chi connectivity index (χ4n) is 4.64. The molecule has 3 aliphatic rings. The fraction of sp³-hybridized carbons (Fsp3) is 0.579. The number of piperidine rings is 1. The maximum Gasteiger partial charge on any atom is 0.320 e. The van der Waals surface area contributed by atoms with Crippen LogP contribution in [0.15, 0.2) is 18.3 Å². The van der Waals surface area contributed by atoms with E-state index in [9.17, 15) is 9.59 Å². The molecule has 5 rings (SSSR count). The first kappa shape index (κ1) is 16.5. The second-order valence-corrected chi connectivity index (χ2v) is 8.21. The Labute approximate surface area is 157 Å². The number of likely N-dealkylation sites (tertiary alicyclic amines) is 2. The van der Waals surface area contributed by atoms with Crippen LogP contribution >= 0.6 is 0 Å². The molecule has 3 fully saturated rings. The lowest BCUT2D eigenvalue weighted by Gasteiger charge is -2.49. The summed E-state index contributed by atoms with van der Waals surface area (Å²) in [5.41, 5.74) is 2.83. The molecule has 2 aromatic rings. The number of aromatic nitrogens is 3. The van der Waals surface area contributed by atoms with E-state index in [0.717, 1.165) is 55.5 Å². The van der Waals surface area contributed by atoms with E-state index in [1.165, 1.54) is 0 Å². The number of urea groups is 1. The number of carbonyl (C=O) groups excluding carboxylic acids is 2. The molecule has 0 bridgehead atoms. The van der Waals surface area contributed by atoms with Crippen molar-refractivity contribution in [3.63, 3.8) is 0 Å². The first-order valence-electron chi connectivity index (χ1n) is 9.74. The molecule has 0 saturated carbocycles. The van der Waals surface area contributed by atoms with Crippen molar-refractivity contribution in [3.8, 4) is 0 Å². The molecule has 1 spiro atoms. The lowest BCUT2D eigenvalue weighted by atomic mass is 9.88. The molecular weight excluding hydrogens is 344 g/mol. The highest BCUT2D eigenvalue weighted by Crippen LogP contribution is 2.32. The molecular formula is C19H24N6O2. The van der Waals surface area contributed by atoms with Gasteiger partial charge in [0.25, 0.3) is 0 Å². The van der Waals surface area contributed by atoms with Crippen LogP contribution in [0.25, 0.3) is 11.0 Å². The van der Waals surface area contributed by atoms with E-state index >= 15 is 0 Å². The van der Waals surface area contributed by atoms with Gasteiger partial charge in [-0.3, -0.25) is 9.89 Å². The molecule has 3 saturated heterocycles. The van der Waals surface area contributed by atoms with Crippen LogP contribution < -0.4 is 5.32 Å². The van der Waals surface area contributed by atoms with Gasteiger partial charge in [-0.05, 0) is 43.7 Å². The third-order valence-corrected chi connectivity index (χ3v) is 6.23. The number of pyridine rings is 1. The predicted octanol–water partition coefficient (Wildman–Crippen LogP) is 1.30. The second-order valence-electron chi connectivity index (χ2n) is 8.21. The lowest BCUT2D eigenvalue weighted by Crippen LogP contribution is -2.70. The molecule has 3 amide bonds. The molecule has 0 aromatic carbocycles. The molecule has 2 aromatic heterocycles. The van der Waals surface area contributed by atoms with Gasteiger partial charge >= 0.3 is 6.03 Å². The van der Waals surface area contributed by atoms with Gasteiger partial charge in [0.05, 0.1) is 17.3 Å². The number of amides is 3. The van der Waals surface area contributed by atoms with E-state index in [2.05, 4.69) is 26.6 Å². The Morgan fingerprint density at radius 1 is 1.22 bits per heavy atom. The van der Waals surface area contributed by atoms with Crippen LogP contribution in [0.5, 0.6) is 0 Å². The molecule has 0 radical (unpaired) electrons. The Morgan fingerprint density at radius 2 is 2.04 bits per heavy atom. The first-order chi connectivity index (χ1) is 13.1. The van der Waals surface area contributed by atoms with Crippen molar-refractivity contribution < 1.29 is 9.59 Å². The standard InChI is InChI=1S/C19H24N6O2/c26-17-3-6-19(22-17)11-25(12-19)18(27)24-7-4-13(5-8-24)9-14-1-2-15-16(21-14)10-20-23-15/h1-2,10,13H,3-9,11-12H2,(H,20,23)(H,22,26). The summed E-state index contributed by atoms with van der Waals surface area (Å²) in [6, 6.07) is 4.22. The van der Waals surface area contributed by atoms with E-state index in [4.69, 9.17) is 0 Å². The summed E-state index contributed by atoms with van der Waals surface area (Å²) in [6.07, 6.45) is 6.16. The molecule has 0 aliphatic carbocycles. The number of nitrogens with one attached hydrogen (secondary N) is 2. The number of nitrogens with zero attached hydrogens (tertiary/aromatic N) is 4. The van der Waals surface area contributed by atoms with Gasteiger partial charge in [-0.15, -0.1) is 0 Å². The fourth-order valence-corrected chi connectivity index (χ4v) is 4.64. The maximum absolute atomic E-state index is 12.7. The van der Waals surface area contributed by atoms with Crippen LogP contribution in [0.3, 0.4) is 0 Å². The molecule has 5 heterocycles. The first-order valence-corrected chi connectivity index (χ1v) is 9.74. The number of rotatable bonds is 2. The summed E-state index contributed by atoms with van der Waals surface area (Å²) in [4.78, 5) is 32.6. The van der Waals surface area contributed by atoms with Crippen LogP contribution in [0, 0.1) is 5.92 Å². The molecule has 3 aliphatic heterocycles. The molecule has 27 heavy (non-hydrogen) atoms. The molecule has 2 N–H and O–H groups in total. The second kappa shape index (κ2) is 6.21. The minimum atomic E-state index is -0.136. The van der Waals surface area contributed by atoms with Gasteiger partial charge < -0.3 is 15.1 Å². The minimum Gasteiger partial charge on any atom is -0.347 e. The quantitative estimate of drug-likeness (QED) is 0.835. The van der Waals surface area contributed by atoms with E-state index in [0.29, 0.717) is 25.4 Å². The van der Waals surface area contributed by atoms with Gasteiger partial charge in [-0.25, -0.2) is 9.78 Å². The number of fused-ring (bicyclic) bond motifs is 1. The zero-order valence-corrected chi connectivity index (χ0v) is 15.3. The predicted molar refractivity (Wildman–Crippen MR) is 99.0 cm³/mol. The normalized spacial score (nSPS) is 22.3. The maximum atomic E-state index is 12.7. The summed E-state index contributed by atoms with van der Waals surface area (Å²) < 4.78 is 0. The molecule has 0 unspecified atom stereocenters. The molecule has 8 nitrogen and oxygen atoms in total. The van der Waals surface area contributed by atoms with Gasteiger partial charge in [0.15, 0.2) is 0 Å². The van der Waals surface area contributed by atoms with Crippen LogP contribution in [0.2, 0.25) is 0 Å². The van der Waals surface area contributed by atoms with Crippen LogP contribution in [-0.4, -0.2) is 68.6 Å². The van der Waals surface area contributed by atoms with Crippen molar-refractivity contribution in [1.29, 1.82) is 0 Å². The Morgan fingerprint density at radius 3 is 2.78 bits per heavy atom. The van der Waals surface area contributed by atoms with Crippen molar-refractivity contribution in [2.75, 3.05) is 26.2 Å². The van der Waals surface area contributed by atoms with E-state index in [-0.39, 0.29) is 17.5 Å². The van der Waals surface area contributed by atoms with Gasteiger partial charge in [0, 0.05) is 38.3 Å². The highest BCUT2D eigenvalue weighted by molar-refractivity contribution is 5.82. The van der Waals surface area contributed by atoms with E-state index in [1.54, 1.807) is 6.20 Å². The third kappa shape index (κ3) is 3.02. The van der Waals surface area contributed by atoms with Gasteiger partial charge in [-0.2, -0.15) is 5.10 Å². The summed E-state index contributed by atoms with van der Waals surface area (Å²) in [5.74, 6) is 0.674. The highest BCUT2D eigenvalue weighted by atomic mass is 16.2. The average Bonchev–Trinajstić information content (AvgIpc) is 3.26. The molecule has 142 valence electrons. The van der Waals surface area contributed by atoms with Crippen LogP contribution in [-0.2, 0) is 11.2 Å². The third-order valence-electron chi connectivity index (χ3n) is 6.23. The Hall–Kier alpha value is -2.64. The Balaban J connectivity index is 1.12. The summed E-state index contributed by atoms with van der Waals surface area (Å²) in [7, 11) is 0. The molecule has 8 heteroatoms. The summed E-state index contributed by atoms with van der Waals surface area (Å²) in [5, 5.41) is 9.98. The zero-order chi connectivity index (χ0) is 18.4. The van der Waals surface area contributed by atoms with Crippen molar-refractivity contribution in [1.82, 2.24) is 30.3 Å². The Kier molecular flexibility index (Phi) is 3.80. The molecule has 0 atom stereocenters. The van der Waals surface area contributed by atoms with E-state index in [1.807, 2.05) is 15.9 Å². The monoisotopic (exact) mass is 368 g/mol. The number of H-pyrrole nitrogens is 1. The summed E-state index contributed by atoms with van der Waals surface area (Å²) in [6.45, 7) is 2.92.